The van der Waals surface area contributed by atoms with Crippen molar-refractivity contribution in [1.29, 1.82) is 0 Å². The van der Waals surface area contributed by atoms with Gasteiger partial charge in [-0.1, -0.05) is 53.0 Å². The SMILES string of the molecule is O=C(NC(=S)Nc1cc2nn(-c3ccccc3)nc2cc1Cl)c1ccc(Cl)cc1Cl. The lowest BCUT2D eigenvalue weighted by atomic mass is 10.2. The summed E-state index contributed by atoms with van der Waals surface area (Å²) in [6, 6.07) is 17.5. The molecule has 0 aliphatic rings. The molecular formula is C20H12Cl3N5OS. The van der Waals surface area contributed by atoms with Gasteiger partial charge in [-0.05, 0) is 54.7 Å². The average molecular weight is 477 g/mol. The second-order valence-electron chi connectivity index (χ2n) is 6.18. The van der Waals surface area contributed by atoms with E-state index in [2.05, 4.69) is 20.8 Å². The van der Waals surface area contributed by atoms with Gasteiger partial charge in [-0.15, -0.1) is 10.2 Å². The number of halogens is 3. The molecule has 4 aromatic rings. The van der Waals surface area contributed by atoms with Crippen LogP contribution in [-0.4, -0.2) is 26.0 Å². The molecule has 0 aliphatic heterocycles. The fourth-order valence-electron chi connectivity index (χ4n) is 2.71. The first kappa shape index (κ1) is 20.6. The summed E-state index contributed by atoms with van der Waals surface area (Å²) in [7, 11) is 0. The lowest BCUT2D eigenvalue weighted by Gasteiger charge is -2.11. The fourth-order valence-corrected chi connectivity index (χ4v) is 3.61. The Balaban J connectivity index is 1.53. The molecule has 0 saturated heterocycles. The van der Waals surface area contributed by atoms with Crippen molar-refractivity contribution in [3.8, 4) is 5.69 Å². The van der Waals surface area contributed by atoms with Crippen LogP contribution in [0, 0.1) is 0 Å². The highest BCUT2D eigenvalue weighted by atomic mass is 35.5. The number of rotatable bonds is 3. The summed E-state index contributed by atoms with van der Waals surface area (Å²) in [6.07, 6.45) is 0. The van der Waals surface area contributed by atoms with Crippen molar-refractivity contribution < 1.29 is 4.79 Å². The highest BCUT2D eigenvalue weighted by molar-refractivity contribution is 7.80. The first-order chi connectivity index (χ1) is 14.4. The van der Waals surface area contributed by atoms with E-state index in [0.717, 1.165) is 5.69 Å². The monoisotopic (exact) mass is 475 g/mol. The summed E-state index contributed by atoms with van der Waals surface area (Å²) < 4.78 is 0. The van der Waals surface area contributed by atoms with Crippen LogP contribution >= 0.6 is 47.0 Å². The van der Waals surface area contributed by atoms with Gasteiger partial charge >= 0.3 is 0 Å². The number of thiocarbonyl (C=S) groups is 1. The molecule has 1 aromatic heterocycles. The normalized spacial score (nSPS) is 10.8. The number of anilines is 1. The summed E-state index contributed by atoms with van der Waals surface area (Å²) in [6.45, 7) is 0. The largest absolute Gasteiger partial charge is 0.331 e. The van der Waals surface area contributed by atoms with E-state index in [1.165, 1.54) is 16.9 Å². The maximum atomic E-state index is 12.4. The van der Waals surface area contributed by atoms with Gasteiger partial charge in [0.05, 0.1) is 27.0 Å². The Kier molecular flexibility index (Phi) is 5.87. The van der Waals surface area contributed by atoms with Crippen LogP contribution in [0.1, 0.15) is 10.4 Å². The maximum Gasteiger partial charge on any atom is 0.258 e. The second-order valence-corrected chi connectivity index (χ2v) is 7.84. The predicted octanol–water partition coefficient (Wildman–Crippen LogP) is 5.51. The van der Waals surface area contributed by atoms with Crippen molar-refractivity contribution in [2.75, 3.05) is 5.32 Å². The predicted molar refractivity (Wildman–Crippen MR) is 124 cm³/mol. The number of fused-ring (bicyclic) bond motifs is 1. The van der Waals surface area contributed by atoms with Gasteiger partial charge in [-0.25, -0.2) is 0 Å². The van der Waals surface area contributed by atoms with Crippen LogP contribution in [0.5, 0.6) is 0 Å². The van der Waals surface area contributed by atoms with Crippen LogP contribution in [0.2, 0.25) is 15.1 Å². The number of hydrogen-bond donors (Lipinski definition) is 2. The van der Waals surface area contributed by atoms with E-state index in [0.29, 0.717) is 26.8 Å². The Labute approximate surface area is 191 Å². The molecule has 0 bridgehead atoms. The zero-order valence-corrected chi connectivity index (χ0v) is 18.1. The highest BCUT2D eigenvalue weighted by Crippen LogP contribution is 2.27. The van der Waals surface area contributed by atoms with Gasteiger partial charge in [0.25, 0.3) is 5.91 Å². The zero-order chi connectivity index (χ0) is 21.3. The number of para-hydroxylation sites is 1. The third-order valence-corrected chi connectivity index (χ3v) is 5.17. The Morgan fingerprint density at radius 1 is 0.900 bits per heavy atom. The third kappa shape index (κ3) is 4.39. The molecule has 1 heterocycles. The minimum atomic E-state index is -0.471. The lowest BCUT2D eigenvalue weighted by Crippen LogP contribution is -2.34. The van der Waals surface area contributed by atoms with E-state index in [1.807, 2.05) is 30.3 Å². The molecule has 0 saturated carbocycles. The van der Waals surface area contributed by atoms with Crippen LogP contribution in [-0.2, 0) is 0 Å². The zero-order valence-electron chi connectivity index (χ0n) is 15.1. The Morgan fingerprint density at radius 3 is 2.30 bits per heavy atom. The van der Waals surface area contributed by atoms with E-state index in [-0.39, 0.29) is 15.7 Å². The van der Waals surface area contributed by atoms with Crippen LogP contribution in [0.15, 0.2) is 60.7 Å². The highest BCUT2D eigenvalue weighted by Gasteiger charge is 2.14. The Bertz CT molecular complexity index is 1280. The van der Waals surface area contributed by atoms with E-state index in [1.54, 1.807) is 18.2 Å². The first-order valence-corrected chi connectivity index (χ1v) is 10.1. The van der Waals surface area contributed by atoms with Crippen molar-refractivity contribution in [3.05, 3.63) is 81.3 Å². The maximum absolute atomic E-state index is 12.4. The molecule has 3 aromatic carbocycles. The van der Waals surface area contributed by atoms with Gasteiger partial charge in [0, 0.05) is 5.02 Å². The van der Waals surface area contributed by atoms with Crippen molar-refractivity contribution in [3.63, 3.8) is 0 Å². The molecule has 1 amide bonds. The van der Waals surface area contributed by atoms with E-state index in [9.17, 15) is 4.79 Å². The topological polar surface area (TPSA) is 71.8 Å². The van der Waals surface area contributed by atoms with Crippen molar-refractivity contribution in [2.24, 2.45) is 0 Å². The molecular weight excluding hydrogens is 465 g/mol. The van der Waals surface area contributed by atoms with Gasteiger partial charge in [-0.2, -0.15) is 4.80 Å². The van der Waals surface area contributed by atoms with Gasteiger partial charge in [-0.3, -0.25) is 10.1 Å². The van der Waals surface area contributed by atoms with Crippen molar-refractivity contribution >= 4 is 74.8 Å². The van der Waals surface area contributed by atoms with Crippen LogP contribution in [0.4, 0.5) is 5.69 Å². The summed E-state index contributed by atoms with van der Waals surface area (Å²) in [4.78, 5) is 13.9. The molecule has 6 nitrogen and oxygen atoms in total. The van der Waals surface area contributed by atoms with E-state index in [4.69, 9.17) is 47.0 Å². The third-order valence-electron chi connectivity index (χ3n) is 4.11. The van der Waals surface area contributed by atoms with Gasteiger partial charge in [0.1, 0.15) is 11.0 Å². The van der Waals surface area contributed by atoms with Crippen molar-refractivity contribution in [2.45, 2.75) is 0 Å². The average Bonchev–Trinajstić information content (AvgIpc) is 3.11. The lowest BCUT2D eigenvalue weighted by molar-refractivity contribution is 0.0978. The number of carbonyl (C=O) groups is 1. The molecule has 2 N–H and O–H groups in total. The molecule has 0 aliphatic carbocycles. The van der Waals surface area contributed by atoms with Gasteiger partial charge in [0.15, 0.2) is 5.11 Å². The Hall–Kier alpha value is -2.71. The smallest absolute Gasteiger partial charge is 0.258 e. The number of hydrogen-bond acceptors (Lipinski definition) is 4. The van der Waals surface area contributed by atoms with Crippen LogP contribution < -0.4 is 10.6 Å². The second kappa shape index (κ2) is 8.57. The quantitative estimate of drug-likeness (QED) is 0.382. The van der Waals surface area contributed by atoms with E-state index >= 15 is 0 Å². The molecule has 30 heavy (non-hydrogen) atoms. The van der Waals surface area contributed by atoms with Crippen molar-refractivity contribution in [1.82, 2.24) is 20.3 Å². The number of amides is 1. The molecule has 0 fully saturated rings. The number of benzene rings is 3. The number of nitrogens with one attached hydrogen (secondary N) is 2. The minimum absolute atomic E-state index is 0.0581. The molecule has 150 valence electrons. The molecule has 0 spiro atoms. The number of nitrogens with zero attached hydrogens (tertiary/aromatic N) is 3. The Morgan fingerprint density at radius 2 is 1.60 bits per heavy atom. The molecule has 0 atom stereocenters. The molecule has 10 heteroatoms. The summed E-state index contributed by atoms with van der Waals surface area (Å²) in [5.74, 6) is -0.471. The summed E-state index contributed by atoms with van der Waals surface area (Å²) in [5, 5.41) is 15.5. The van der Waals surface area contributed by atoms with Gasteiger partial charge in [0.2, 0.25) is 0 Å². The van der Waals surface area contributed by atoms with E-state index < -0.39 is 5.91 Å². The molecule has 0 radical (unpaired) electrons. The van der Waals surface area contributed by atoms with Crippen LogP contribution in [0.25, 0.3) is 16.7 Å². The van der Waals surface area contributed by atoms with Crippen LogP contribution in [0.3, 0.4) is 0 Å². The number of carbonyl (C=O) groups excluding carboxylic acids is 1. The summed E-state index contributed by atoms with van der Waals surface area (Å²) in [5.41, 5.74) is 2.79. The molecule has 4 rings (SSSR count). The minimum Gasteiger partial charge on any atom is -0.331 e. The number of aromatic nitrogens is 3. The van der Waals surface area contributed by atoms with Gasteiger partial charge < -0.3 is 5.32 Å². The summed E-state index contributed by atoms with van der Waals surface area (Å²) >= 11 is 23.5. The fraction of sp³-hybridized carbons (Fsp3) is 0. The molecule has 0 unspecified atom stereocenters. The standard InChI is InChI=1S/C20H12Cl3N5OS/c21-11-6-7-13(14(22)8-11)19(29)25-20(30)24-16-10-18-17(9-15(16)23)26-28(27-18)12-4-2-1-3-5-12/h1-10H,(H2,24,25,29,30). The first-order valence-electron chi connectivity index (χ1n) is 8.60.